The molecule has 30 heavy (non-hydrogen) atoms. The molecule has 6 rings (SSSR count). The molecule has 2 nitrogen and oxygen atoms in total. The van der Waals surface area contributed by atoms with Gasteiger partial charge in [0.05, 0.1) is 12.2 Å². The smallest absolute Gasteiger partial charge is 0.0768 e. The third kappa shape index (κ3) is 2.38. The number of rotatable bonds is 3. The van der Waals surface area contributed by atoms with Crippen LogP contribution in [0.3, 0.4) is 0 Å². The summed E-state index contributed by atoms with van der Waals surface area (Å²) in [5.41, 5.74) is 9.86. The van der Waals surface area contributed by atoms with Gasteiger partial charge in [-0.05, 0) is 106 Å². The summed E-state index contributed by atoms with van der Waals surface area (Å²) in [7, 11) is 0. The summed E-state index contributed by atoms with van der Waals surface area (Å²) in [6, 6.07) is 17.6. The first-order valence-electron chi connectivity index (χ1n) is 11.1. The van der Waals surface area contributed by atoms with Gasteiger partial charge in [-0.3, -0.25) is 0 Å². The highest BCUT2D eigenvalue weighted by Gasteiger charge is 2.25. The molecule has 2 aliphatic carbocycles. The Hall–Kier alpha value is -2.68. The Morgan fingerprint density at radius 1 is 0.500 bits per heavy atom. The van der Waals surface area contributed by atoms with Crippen molar-refractivity contribution in [2.24, 2.45) is 0 Å². The molecular weight excluding hydrogens is 368 g/mol. The van der Waals surface area contributed by atoms with Gasteiger partial charge in [0.2, 0.25) is 0 Å². The second-order valence-corrected chi connectivity index (χ2v) is 9.02. The number of aryl methyl sites for hydroxylation is 4. The van der Waals surface area contributed by atoms with Gasteiger partial charge in [0.15, 0.2) is 0 Å². The van der Waals surface area contributed by atoms with Crippen molar-refractivity contribution in [3.8, 4) is 11.1 Å². The maximum atomic E-state index is 10.6. The zero-order chi connectivity index (χ0) is 20.6. The van der Waals surface area contributed by atoms with Crippen molar-refractivity contribution < 1.29 is 10.2 Å². The van der Waals surface area contributed by atoms with E-state index in [2.05, 4.69) is 48.5 Å². The molecule has 0 fully saturated rings. The van der Waals surface area contributed by atoms with Gasteiger partial charge in [0, 0.05) is 0 Å². The highest BCUT2D eigenvalue weighted by molar-refractivity contribution is 6.11. The van der Waals surface area contributed by atoms with E-state index >= 15 is 0 Å². The first-order valence-corrected chi connectivity index (χ1v) is 11.1. The maximum Gasteiger partial charge on any atom is 0.0768 e. The predicted molar refractivity (Wildman–Crippen MR) is 123 cm³/mol. The Balaban J connectivity index is 1.79. The second-order valence-electron chi connectivity index (χ2n) is 9.02. The lowest BCUT2D eigenvalue weighted by Gasteiger charge is -2.20. The minimum atomic E-state index is -0.526. The van der Waals surface area contributed by atoms with Crippen LogP contribution in [-0.2, 0) is 25.7 Å². The lowest BCUT2D eigenvalue weighted by Crippen LogP contribution is -1.99. The minimum Gasteiger partial charge on any atom is -0.389 e. The average molecular weight is 395 g/mol. The van der Waals surface area contributed by atoms with Crippen molar-refractivity contribution in [1.82, 2.24) is 0 Å². The fraction of sp³-hybridized carbons (Fsp3) is 0.286. The van der Waals surface area contributed by atoms with Crippen LogP contribution in [0.2, 0.25) is 0 Å². The Kier molecular flexibility index (Phi) is 3.87. The van der Waals surface area contributed by atoms with Crippen LogP contribution in [0.1, 0.15) is 59.4 Å². The van der Waals surface area contributed by atoms with Gasteiger partial charge in [0.1, 0.15) is 0 Å². The van der Waals surface area contributed by atoms with Gasteiger partial charge in [-0.15, -0.1) is 0 Å². The molecule has 2 unspecified atom stereocenters. The van der Waals surface area contributed by atoms with Gasteiger partial charge in [0.25, 0.3) is 0 Å². The van der Waals surface area contributed by atoms with Gasteiger partial charge >= 0.3 is 0 Å². The van der Waals surface area contributed by atoms with Crippen molar-refractivity contribution in [2.45, 2.75) is 51.7 Å². The molecule has 0 aromatic heterocycles. The number of hydrogen-bond acceptors (Lipinski definition) is 2. The molecule has 0 saturated heterocycles. The molecule has 0 saturated carbocycles. The van der Waals surface area contributed by atoms with Crippen LogP contribution in [0, 0.1) is 0 Å². The molecular formula is C28H26O2. The highest BCUT2D eigenvalue weighted by atomic mass is 16.3. The van der Waals surface area contributed by atoms with Crippen molar-refractivity contribution in [1.29, 1.82) is 0 Å². The number of aliphatic hydroxyl groups excluding tert-OH is 2. The SMILES string of the molecule is CC(O)c1ccc2c3c(ccc(-c4ccc5c6c(ccc(C(C)O)c46)CC5)c13)CC2. The van der Waals surface area contributed by atoms with Crippen LogP contribution in [-0.4, -0.2) is 10.2 Å². The molecule has 2 heteroatoms. The summed E-state index contributed by atoms with van der Waals surface area (Å²) in [5.74, 6) is 0. The molecule has 0 aliphatic heterocycles. The van der Waals surface area contributed by atoms with E-state index in [1.165, 1.54) is 54.9 Å². The van der Waals surface area contributed by atoms with E-state index in [-0.39, 0.29) is 0 Å². The lowest BCUT2D eigenvalue weighted by molar-refractivity contribution is 0.200. The van der Waals surface area contributed by atoms with Crippen LogP contribution in [0.15, 0.2) is 48.5 Å². The first-order chi connectivity index (χ1) is 14.5. The third-order valence-corrected chi connectivity index (χ3v) is 7.25. The minimum absolute atomic E-state index is 0.526. The molecule has 2 N–H and O–H groups in total. The molecule has 2 aliphatic rings. The van der Waals surface area contributed by atoms with Gasteiger partial charge in [-0.2, -0.15) is 0 Å². The van der Waals surface area contributed by atoms with Crippen molar-refractivity contribution >= 4 is 21.5 Å². The quantitative estimate of drug-likeness (QED) is 0.450. The molecule has 0 spiro atoms. The fourth-order valence-electron chi connectivity index (χ4n) is 5.86. The highest BCUT2D eigenvalue weighted by Crippen LogP contribution is 2.46. The van der Waals surface area contributed by atoms with Crippen molar-refractivity contribution in [3.63, 3.8) is 0 Å². The van der Waals surface area contributed by atoms with Crippen LogP contribution < -0.4 is 0 Å². The van der Waals surface area contributed by atoms with E-state index < -0.39 is 12.2 Å². The van der Waals surface area contributed by atoms with Gasteiger partial charge < -0.3 is 10.2 Å². The Morgan fingerprint density at radius 3 is 1.17 bits per heavy atom. The summed E-state index contributed by atoms with van der Waals surface area (Å²) in [5, 5.41) is 26.2. The van der Waals surface area contributed by atoms with E-state index in [1.807, 2.05) is 13.8 Å². The average Bonchev–Trinajstić information content (AvgIpc) is 3.35. The van der Waals surface area contributed by atoms with Crippen molar-refractivity contribution in [2.75, 3.05) is 0 Å². The fourth-order valence-corrected chi connectivity index (χ4v) is 5.86. The number of aliphatic hydroxyl groups is 2. The summed E-state index contributed by atoms with van der Waals surface area (Å²) in [4.78, 5) is 0. The van der Waals surface area contributed by atoms with E-state index in [0.717, 1.165) is 36.8 Å². The van der Waals surface area contributed by atoms with Crippen molar-refractivity contribution in [3.05, 3.63) is 81.9 Å². The van der Waals surface area contributed by atoms with Crippen LogP contribution >= 0.6 is 0 Å². The molecule has 0 bridgehead atoms. The largest absolute Gasteiger partial charge is 0.389 e. The Morgan fingerprint density at radius 2 is 0.833 bits per heavy atom. The zero-order valence-electron chi connectivity index (χ0n) is 17.5. The summed E-state index contributed by atoms with van der Waals surface area (Å²) >= 11 is 0. The number of benzene rings is 4. The molecule has 4 aromatic carbocycles. The topological polar surface area (TPSA) is 40.5 Å². The van der Waals surface area contributed by atoms with Gasteiger partial charge in [-0.1, -0.05) is 48.5 Å². The maximum absolute atomic E-state index is 10.6. The molecule has 0 amide bonds. The van der Waals surface area contributed by atoms with E-state index in [9.17, 15) is 10.2 Å². The van der Waals surface area contributed by atoms with Crippen LogP contribution in [0.25, 0.3) is 32.7 Å². The first kappa shape index (κ1) is 18.1. The normalized spacial score (nSPS) is 16.5. The Bertz CT molecular complexity index is 1220. The zero-order valence-corrected chi connectivity index (χ0v) is 17.5. The monoisotopic (exact) mass is 394 g/mol. The molecule has 4 aromatic rings. The molecule has 0 heterocycles. The summed E-state index contributed by atoms with van der Waals surface area (Å²) in [6.07, 6.45) is 3.22. The van der Waals surface area contributed by atoms with E-state index in [1.54, 1.807) is 0 Å². The number of hydrogen-bond donors (Lipinski definition) is 2. The molecule has 0 radical (unpaired) electrons. The molecule has 2 atom stereocenters. The van der Waals surface area contributed by atoms with Crippen LogP contribution in [0.5, 0.6) is 0 Å². The predicted octanol–water partition coefficient (Wildman–Crippen LogP) is 5.96. The van der Waals surface area contributed by atoms with E-state index in [0.29, 0.717) is 0 Å². The third-order valence-electron chi connectivity index (χ3n) is 7.25. The molecule has 150 valence electrons. The van der Waals surface area contributed by atoms with Gasteiger partial charge in [-0.25, -0.2) is 0 Å². The Labute approximate surface area is 176 Å². The second kappa shape index (κ2) is 6.41. The standard InChI is InChI=1S/C28H26O2/c1-15(29)21-11-7-17-3-5-19-9-13-23(27(21)25(17)19)24-14-10-20-6-4-18-8-12-22(16(2)30)28(24)26(18)20/h7-16,29-30H,3-6H2,1-2H3. The lowest BCUT2D eigenvalue weighted by atomic mass is 9.85. The summed E-state index contributed by atoms with van der Waals surface area (Å²) < 4.78 is 0. The van der Waals surface area contributed by atoms with E-state index in [4.69, 9.17) is 0 Å². The van der Waals surface area contributed by atoms with Crippen LogP contribution in [0.4, 0.5) is 0 Å². The summed E-state index contributed by atoms with van der Waals surface area (Å²) in [6.45, 7) is 3.72.